The SMILES string of the molecule is COC(OC)SNC(N)=O. The third-order valence-corrected chi connectivity index (χ3v) is 1.54. The molecular formula is C4H10N2O3S. The lowest BCUT2D eigenvalue weighted by Crippen LogP contribution is -2.26. The number of hydrogen-bond donors (Lipinski definition) is 2. The average molecular weight is 166 g/mol. The van der Waals surface area contributed by atoms with Crippen LogP contribution in [0.5, 0.6) is 0 Å². The number of primary amides is 1. The molecule has 0 fully saturated rings. The molecular weight excluding hydrogens is 156 g/mol. The molecule has 3 N–H and O–H groups in total. The fraction of sp³-hybridized carbons (Fsp3) is 0.750. The molecule has 2 amide bonds. The van der Waals surface area contributed by atoms with Crippen molar-refractivity contribution in [2.75, 3.05) is 14.2 Å². The second-order valence-corrected chi connectivity index (χ2v) is 2.17. The van der Waals surface area contributed by atoms with Crippen LogP contribution in [0.2, 0.25) is 0 Å². The standard InChI is InChI=1S/C4H10N2O3S/c1-8-4(9-2)10-6-3(5)7/h4H,1-2H3,(H3,5,6,7). The lowest BCUT2D eigenvalue weighted by Gasteiger charge is -2.10. The highest BCUT2D eigenvalue weighted by Crippen LogP contribution is 2.05. The second-order valence-electron chi connectivity index (χ2n) is 1.34. The number of amides is 2. The average Bonchev–Trinajstić information content (AvgIpc) is 1.90. The quantitative estimate of drug-likeness (QED) is 0.451. The predicted molar refractivity (Wildman–Crippen MR) is 38.1 cm³/mol. The van der Waals surface area contributed by atoms with Gasteiger partial charge in [0.05, 0.1) is 0 Å². The molecule has 0 saturated heterocycles. The van der Waals surface area contributed by atoms with Crippen molar-refractivity contribution in [3.8, 4) is 0 Å². The van der Waals surface area contributed by atoms with E-state index < -0.39 is 11.7 Å². The van der Waals surface area contributed by atoms with Crippen LogP contribution in [0.25, 0.3) is 0 Å². The van der Waals surface area contributed by atoms with E-state index in [-0.39, 0.29) is 0 Å². The highest BCUT2D eigenvalue weighted by molar-refractivity contribution is 7.98. The first kappa shape index (κ1) is 9.54. The Hall–Kier alpha value is -0.460. The lowest BCUT2D eigenvalue weighted by atomic mass is 11.2. The van der Waals surface area contributed by atoms with Crippen molar-refractivity contribution >= 4 is 18.0 Å². The van der Waals surface area contributed by atoms with Crippen LogP contribution < -0.4 is 10.5 Å². The van der Waals surface area contributed by atoms with Gasteiger partial charge < -0.3 is 15.2 Å². The maximum absolute atomic E-state index is 10.1. The van der Waals surface area contributed by atoms with Crippen molar-refractivity contribution < 1.29 is 14.3 Å². The van der Waals surface area contributed by atoms with Gasteiger partial charge in [0.1, 0.15) is 0 Å². The van der Waals surface area contributed by atoms with E-state index in [2.05, 4.69) is 4.72 Å². The molecule has 6 heteroatoms. The number of ether oxygens (including phenoxy) is 2. The fourth-order valence-electron chi connectivity index (χ4n) is 0.299. The van der Waals surface area contributed by atoms with Gasteiger partial charge in [0, 0.05) is 26.2 Å². The van der Waals surface area contributed by atoms with E-state index in [1.54, 1.807) is 0 Å². The molecule has 0 aromatic carbocycles. The molecule has 0 aromatic heterocycles. The van der Waals surface area contributed by atoms with E-state index >= 15 is 0 Å². The molecule has 0 rings (SSSR count). The summed E-state index contributed by atoms with van der Waals surface area (Å²) < 4.78 is 11.7. The molecule has 0 aliphatic carbocycles. The summed E-state index contributed by atoms with van der Waals surface area (Å²) in [6.45, 7) is 0. The number of rotatable bonds is 4. The minimum atomic E-state index is -0.621. The minimum absolute atomic E-state index is 0.507. The molecule has 5 nitrogen and oxygen atoms in total. The van der Waals surface area contributed by atoms with E-state index in [1.165, 1.54) is 14.2 Å². The summed E-state index contributed by atoms with van der Waals surface area (Å²) in [6, 6.07) is -0.621. The summed E-state index contributed by atoms with van der Waals surface area (Å²) >= 11 is 0.961. The lowest BCUT2D eigenvalue weighted by molar-refractivity contribution is -0.0346. The molecule has 0 unspecified atom stereocenters. The number of urea groups is 1. The highest BCUT2D eigenvalue weighted by Gasteiger charge is 2.05. The summed E-state index contributed by atoms with van der Waals surface area (Å²) in [7, 11) is 2.92. The zero-order chi connectivity index (χ0) is 7.98. The molecule has 0 radical (unpaired) electrons. The van der Waals surface area contributed by atoms with Gasteiger partial charge in [0.25, 0.3) is 0 Å². The van der Waals surface area contributed by atoms with Crippen LogP contribution >= 0.6 is 11.9 Å². The zero-order valence-electron chi connectivity index (χ0n) is 5.79. The van der Waals surface area contributed by atoms with Crippen LogP contribution in [-0.4, -0.2) is 25.9 Å². The summed E-state index contributed by atoms with van der Waals surface area (Å²) in [5.41, 5.74) is 4.26. The molecule has 10 heavy (non-hydrogen) atoms. The fourth-order valence-corrected chi connectivity index (χ4v) is 0.703. The van der Waals surface area contributed by atoms with Crippen LogP contribution in [0.3, 0.4) is 0 Å². The van der Waals surface area contributed by atoms with Crippen molar-refractivity contribution in [3.63, 3.8) is 0 Å². The van der Waals surface area contributed by atoms with Crippen molar-refractivity contribution in [2.24, 2.45) is 5.73 Å². The van der Waals surface area contributed by atoms with Gasteiger partial charge in [-0.3, -0.25) is 4.72 Å². The largest absolute Gasteiger partial charge is 0.351 e. The molecule has 0 saturated carbocycles. The first-order valence-corrected chi connectivity index (χ1v) is 3.35. The van der Waals surface area contributed by atoms with Crippen LogP contribution in [0.1, 0.15) is 0 Å². The number of nitrogens with two attached hydrogens (primary N) is 1. The van der Waals surface area contributed by atoms with E-state index in [9.17, 15) is 4.79 Å². The molecule has 0 atom stereocenters. The van der Waals surface area contributed by atoms with Gasteiger partial charge in [0.2, 0.25) is 5.62 Å². The van der Waals surface area contributed by atoms with Crippen molar-refractivity contribution in [2.45, 2.75) is 5.62 Å². The van der Waals surface area contributed by atoms with Gasteiger partial charge in [0.15, 0.2) is 0 Å². The smallest absolute Gasteiger partial charge is 0.322 e. The van der Waals surface area contributed by atoms with E-state index in [0.717, 1.165) is 11.9 Å². The van der Waals surface area contributed by atoms with E-state index in [0.29, 0.717) is 0 Å². The van der Waals surface area contributed by atoms with Gasteiger partial charge in [-0.05, 0) is 0 Å². The summed E-state index contributed by atoms with van der Waals surface area (Å²) in [4.78, 5) is 10.1. The van der Waals surface area contributed by atoms with Crippen LogP contribution in [0.15, 0.2) is 0 Å². The number of nitrogens with one attached hydrogen (secondary N) is 1. The summed E-state index contributed by atoms with van der Waals surface area (Å²) in [5.74, 6) is 0. The predicted octanol–water partition coefficient (Wildman–Crippen LogP) is -0.121. The second kappa shape index (κ2) is 5.33. The Labute approximate surface area is 63.4 Å². The van der Waals surface area contributed by atoms with Gasteiger partial charge in [-0.1, -0.05) is 0 Å². The minimum Gasteiger partial charge on any atom is -0.351 e. The Bertz CT molecular complexity index is 107. The maximum Gasteiger partial charge on any atom is 0.322 e. The summed E-state index contributed by atoms with van der Waals surface area (Å²) in [6.07, 6.45) is 0. The number of carbonyl (C=O) groups is 1. The Morgan fingerprint density at radius 1 is 1.60 bits per heavy atom. The summed E-state index contributed by atoms with van der Waals surface area (Å²) in [5, 5.41) is 0. The number of hydrogen-bond acceptors (Lipinski definition) is 4. The molecule has 0 bridgehead atoms. The van der Waals surface area contributed by atoms with Crippen LogP contribution in [0.4, 0.5) is 4.79 Å². The van der Waals surface area contributed by atoms with Gasteiger partial charge >= 0.3 is 6.03 Å². The van der Waals surface area contributed by atoms with E-state index in [1.807, 2.05) is 0 Å². The van der Waals surface area contributed by atoms with Crippen molar-refractivity contribution in [3.05, 3.63) is 0 Å². The maximum atomic E-state index is 10.1. The van der Waals surface area contributed by atoms with Gasteiger partial charge in [-0.2, -0.15) is 0 Å². The molecule has 0 spiro atoms. The Morgan fingerprint density at radius 3 is 2.40 bits per heavy atom. The Morgan fingerprint density at radius 2 is 2.10 bits per heavy atom. The van der Waals surface area contributed by atoms with Crippen LogP contribution in [-0.2, 0) is 9.47 Å². The molecule has 60 valence electrons. The van der Waals surface area contributed by atoms with Crippen LogP contribution in [0, 0.1) is 0 Å². The third kappa shape index (κ3) is 4.42. The number of carbonyl (C=O) groups excluding carboxylic acids is 1. The normalized spacial score (nSPS) is 9.90. The molecule has 0 heterocycles. The molecule has 0 aromatic rings. The third-order valence-electron chi connectivity index (χ3n) is 0.641. The van der Waals surface area contributed by atoms with Crippen molar-refractivity contribution in [1.29, 1.82) is 0 Å². The first-order chi connectivity index (χ1) is 4.70. The van der Waals surface area contributed by atoms with Gasteiger partial charge in [-0.25, -0.2) is 4.79 Å². The Balaban J connectivity index is 3.34. The number of methoxy groups -OCH3 is 2. The van der Waals surface area contributed by atoms with Crippen molar-refractivity contribution in [1.82, 2.24) is 4.72 Å². The van der Waals surface area contributed by atoms with Gasteiger partial charge in [-0.15, -0.1) is 0 Å². The molecule has 0 aliphatic heterocycles. The molecule has 0 aliphatic rings. The van der Waals surface area contributed by atoms with E-state index in [4.69, 9.17) is 15.2 Å². The highest BCUT2D eigenvalue weighted by atomic mass is 32.2. The topological polar surface area (TPSA) is 73.6 Å². The zero-order valence-corrected chi connectivity index (χ0v) is 6.60. The Kier molecular flexibility index (Phi) is 5.09. The first-order valence-electron chi connectivity index (χ1n) is 2.47. The monoisotopic (exact) mass is 166 g/mol.